The molecule has 4 unspecified atom stereocenters. The van der Waals surface area contributed by atoms with E-state index in [1.54, 1.807) is 6.92 Å². The van der Waals surface area contributed by atoms with Crippen LogP contribution in [0.15, 0.2) is 34.5 Å². The average Bonchev–Trinajstić information content (AvgIpc) is 2.63. The van der Waals surface area contributed by atoms with E-state index < -0.39 is 24.4 Å². The maximum atomic E-state index is 9.91. The van der Waals surface area contributed by atoms with Crippen LogP contribution in [0.4, 0.5) is 0 Å². The molecule has 2 rings (SSSR count). The lowest BCUT2D eigenvalue weighted by atomic mass is 9.98. The van der Waals surface area contributed by atoms with Gasteiger partial charge in [-0.2, -0.15) is 5.53 Å². The zero-order valence-electron chi connectivity index (χ0n) is 15.7. The van der Waals surface area contributed by atoms with Crippen molar-refractivity contribution in [1.82, 2.24) is 5.53 Å². The van der Waals surface area contributed by atoms with Gasteiger partial charge in [0.15, 0.2) is 6.10 Å². The summed E-state index contributed by atoms with van der Waals surface area (Å²) in [5.41, 5.74) is 9.19. The molecule has 0 aromatic heterocycles. The van der Waals surface area contributed by atoms with Crippen LogP contribution in [0.1, 0.15) is 32.8 Å². The molecule has 1 heterocycles. The first kappa shape index (κ1) is 20.9. The minimum absolute atomic E-state index is 0.107. The summed E-state index contributed by atoms with van der Waals surface area (Å²) in [4.78, 5) is 0. The Hall–Kier alpha value is -2.36. The molecule has 4 atom stereocenters. The van der Waals surface area contributed by atoms with Crippen LogP contribution in [0.25, 0.3) is 0 Å². The van der Waals surface area contributed by atoms with Crippen molar-refractivity contribution in [2.75, 3.05) is 0 Å². The summed E-state index contributed by atoms with van der Waals surface area (Å²) in [6.07, 6.45) is -3.71. The third-order valence-electron chi connectivity index (χ3n) is 4.02. The summed E-state index contributed by atoms with van der Waals surface area (Å²) in [6.45, 7) is 5.71. The molecule has 9 nitrogen and oxygen atoms in total. The molecular formula is C18H28N4O5. The Balaban J connectivity index is 1.93. The van der Waals surface area contributed by atoms with Gasteiger partial charge in [-0.25, -0.2) is 0 Å². The van der Waals surface area contributed by atoms with Gasteiger partial charge in [0.1, 0.15) is 29.9 Å². The summed E-state index contributed by atoms with van der Waals surface area (Å²) >= 11 is 0. The van der Waals surface area contributed by atoms with Gasteiger partial charge >= 0.3 is 0 Å². The van der Waals surface area contributed by atoms with Crippen LogP contribution in [-0.4, -0.2) is 57.6 Å². The number of aliphatic hydroxyl groups excluding tert-OH is 3. The first-order valence-electron chi connectivity index (χ1n) is 8.92. The van der Waals surface area contributed by atoms with E-state index in [1.165, 1.54) is 0 Å². The molecule has 150 valence electrons. The fraction of sp³-hybridized carbons (Fsp3) is 0.556. The predicted octanol–water partition coefficient (Wildman–Crippen LogP) is 0.0831. The van der Waals surface area contributed by atoms with Gasteiger partial charge in [-0.1, -0.05) is 19.1 Å². The number of aliphatic hydroxyl groups is 3. The van der Waals surface area contributed by atoms with Crippen LogP contribution in [0.2, 0.25) is 0 Å². The van der Waals surface area contributed by atoms with Gasteiger partial charge in [-0.05, 0) is 38.0 Å². The highest BCUT2D eigenvalue weighted by Crippen LogP contribution is 2.19. The van der Waals surface area contributed by atoms with Crippen molar-refractivity contribution >= 4 is 11.7 Å². The summed E-state index contributed by atoms with van der Waals surface area (Å²) in [5, 5.41) is 37.3. The van der Waals surface area contributed by atoms with E-state index >= 15 is 0 Å². The van der Waals surface area contributed by atoms with E-state index in [1.807, 2.05) is 38.1 Å². The third-order valence-corrected chi connectivity index (χ3v) is 4.02. The highest BCUT2D eigenvalue weighted by Gasteiger charge is 2.41. The molecule has 1 aromatic carbocycles. The van der Waals surface area contributed by atoms with Crippen molar-refractivity contribution in [2.24, 2.45) is 15.9 Å². The van der Waals surface area contributed by atoms with Gasteiger partial charge in [-0.15, -0.1) is 10.2 Å². The summed E-state index contributed by atoms with van der Waals surface area (Å²) < 4.78 is 11.0. The number of hydrogen-bond acceptors (Lipinski definition) is 8. The molecule has 9 heteroatoms. The topological polar surface area (TPSA) is 142 Å². The molecule has 1 aliphatic heterocycles. The molecule has 0 amide bonds. The molecule has 0 saturated carbocycles. The lowest BCUT2D eigenvalue weighted by molar-refractivity contribution is -0.119. The Morgan fingerprint density at radius 1 is 1.22 bits per heavy atom. The lowest BCUT2D eigenvalue weighted by Gasteiger charge is -2.35. The van der Waals surface area contributed by atoms with Crippen LogP contribution >= 0.6 is 0 Å². The van der Waals surface area contributed by atoms with Gasteiger partial charge in [0.05, 0.1) is 6.10 Å². The van der Waals surface area contributed by atoms with Crippen LogP contribution < -0.4 is 16.0 Å². The second-order valence-electron chi connectivity index (χ2n) is 6.63. The largest absolute Gasteiger partial charge is 0.491 e. The van der Waals surface area contributed by atoms with Crippen LogP contribution in [0.3, 0.4) is 0 Å². The van der Waals surface area contributed by atoms with Crippen molar-refractivity contribution in [1.29, 1.82) is 0 Å². The van der Waals surface area contributed by atoms with Gasteiger partial charge in [0.25, 0.3) is 0 Å². The number of amidine groups is 1. The maximum absolute atomic E-state index is 9.91. The number of nitrogens with two attached hydrogens (primary N) is 1. The Bertz CT molecular complexity index is 660. The first-order valence-corrected chi connectivity index (χ1v) is 8.92. The molecule has 1 saturated heterocycles. The smallest absolute Gasteiger partial charge is 0.240 e. The highest BCUT2D eigenvalue weighted by atomic mass is 16.5. The van der Waals surface area contributed by atoms with E-state index in [0.29, 0.717) is 12.8 Å². The average molecular weight is 380 g/mol. The second-order valence-corrected chi connectivity index (χ2v) is 6.63. The Kier molecular flexibility index (Phi) is 7.40. The number of rotatable bonds is 7. The third kappa shape index (κ3) is 5.81. The minimum atomic E-state index is -1.44. The summed E-state index contributed by atoms with van der Waals surface area (Å²) in [5.74, 6) is 0.907. The van der Waals surface area contributed by atoms with E-state index in [9.17, 15) is 15.3 Å². The molecule has 0 spiro atoms. The zero-order chi connectivity index (χ0) is 20.0. The van der Waals surface area contributed by atoms with Crippen LogP contribution in [-0.2, 0) is 11.2 Å². The fourth-order valence-electron chi connectivity index (χ4n) is 2.61. The monoisotopic (exact) mass is 380 g/mol. The van der Waals surface area contributed by atoms with Gasteiger partial charge in [-0.3, -0.25) is 0 Å². The summed E-state index contributed by atoms with van der Waals surface area (Å²) in [6, 6.07) is 7.51. The Morgan fingerprint density at radius 2 is 1.89 bits per heavy atom. The van der Waals surface area contributed by atoms with Crippen molar-refractivity contribution in [3.8, 4) is 5.75 Å². The zero-order valence-corrected chi connectivity index (χ0v) is 15.7. The quantitative estimate of drug-likeness (QED) is 0.256. The van der Waals surface area contributed by atoms with Crippen molar-refractivity contribution in [2.45, 2.75) is 64.1 Å². The first-order chi connectivity index (χ1) is 12.8. The lowest BCUT2D eigenvalue weighted by Crippen LogP contribution is -2.55. The molecule has 0 aliphatic carbocycles. The summed E-state index contributed by atoms with van der Waals surface area (Å²) in [7, 11) is 0. The molecule has 27 heavy (non-hydrogen) atoms. The fourth-order valence-corrected chi connectivity index (χ4v) is 2.61. The number of nitrogens with one attached hydrogen (secondary N) is 1. The highest BCUT2D eigenvalue weighted by molar-refractivity contribution is 5.83. The molecule has 1 aromatic rings. The van der Waals surface area contributed by atoms with E-state index in [0.717, 1.165) is 11.3 Å². The number of nitrogens with zero attached hydrogens (tertiary/aromatic N) is 2. The molecular weight excluding hydrogens is 352 g/mol. The number of hydrazone groups is 2. The van der Waals surface area contributed by atoms with Crippen molar-refractivity contribution in [3.63, 3.8) is 0 Å². The molecule has 6 N–H and O–H groups in total. The van der Waals surface area contributed by atoms with Crippen LogP contribution in [0, 0.1) is 0 Å². The number of ether oxygens (including phenoxy) is 2. The van der Waals surface area contributed by atoms with E-state index in [2.05, 4.69) is 15.7 Å². The molecule has 0 radical (unpaired) electrons. The molecule has 1 fully saturated rings. The maximum Gasteiger partial charge on any atom is 0.240 e. The van der Waals surface area contributed by atoms with Crippen molar-refractivity contribution in [3.05, 3.63) is 29.8 Å². The van der Waals surface area contributed by atoms with Crippen LogP contribution in [0.5, 0.6) is 5.75 Å². The SMILES string of the molecule is CCC1O/C(=N/NN=C(N)Cc2ccc(OC(C)C)cc2)C(O)C(O)C1O. The standard InChI is InChI=1S/C18H28N4O5/c1-4-13-15(23)16(24)17(25)18(27-13)21-22-20-14(19)9-11-5-7-12(8-6-11)26-10(2)3/h5-8,10,13,15-17,22-25H,4,9H2,1-3H3,(H2,19,20)/b21-18+. The van der Waals surface area contributed by atoms with Gasteiger partial charge < -0.3 is 30.5 Å². The number of hydrogen-bond donors (Lipinski definition) is 5. The molecule has 0 bridgehead atoms. The van der Waals surface area contributed by atoms with E-state index in [-0.39, 0.29) is 17.8 Å². The Morgan fingerprint density at radius 3 is 2.48 bits per heavy atom. The normalized spacial score (nSPS) is 27.5. The predicted molar refractivity (Wildman–Crippen MR) is 101 cm³/mol. The van der Waals surface area contributed by atoms with Crippen molar-refractivity contribution < 1.29 is 24.8 Å². The number of benzene rings is 1. The van der Waals surface area contributed by atoms with Gasteiger partial charge in [0.2, 0.25) is 5.90 Å². The second kappa shape index (κ2) is 9.54. The molecule has 1 aliphatic rings. The minimum Gasteiger partial charge on any atom is -0.491 e. The van der Waals surface area contributed by atoms with E-state index in [4.69, 9.17) is 15.2 Å². The Labute approximate surface area is 158 Å². The van der Waals surface area contributed by atoms with Gasteiger partial charge in [0, 0.05) is 6.42 Å².